The molecule has 1 fully saturated rings. The molecule has 1 aromatic carbocycles. The topological polar surface area (TPSA) is 75.3 Å². The van der Waals surface area contributed by atoms with E-state index in [-0.39, 0.29) is 5.41 Å². The largest absolute Gasteiger partial charge is 0.357 e. The lowest BCUT2D eigenvalue weighted by Crippen LogP contribution is -2.48. The molecule has 0 spiro atoms. The van der Waals surface area contributed by atoms with Crippen LogP contribution in [-0.2, 0) is 12.0 Å². The third kappa shape index (κ3) is 3.75. The van der Waals surface area contributed by atoms with Gasteiger partial charge in [0.15, 0.2) is 11.8 Å². The lowest BCUT2D eigenvalue weighted by molar-refractivity contribution is 0.244. The van der Waals surface area contributed by atoms with Crippen molar-refractivity contribution < 1.29 is 4.52 Å². The number of aliphatic imine (C=N–C) groups is 1. The Labute approximate surface area is 142 Å². The summed E-state index contributed by atoms with van der Waals surface area (Å²) in [5.41, 5.74) is 1.63. The average molecular weight is 327 g/mol. The van der Waals surface area contributed by atoms with Crippen LogP contribution in [0.2, 0.25) is 0 Å². The molecule has 0 bridgehead atoms. The molecule has 1 saturated carbocycles. The van der Waals surface area contributed by atoms with Crippen molar-refractivity contribution in [1.29, 1.82) is 0 Å². The first-order valence-electron chi connectivity index (χ1n) is 8.59. The zero-order valence-electron chi connectivity index (χ0n) is 14.4. The number of benzene rings is 1. The summed E-state index contributed by atoms with van der Waals surface area (Å²) in [6, 6.07) is 10.8. The highest BCUT2D eigenvalue weighted by atomic mass is 16.5. The zero-order valence-corrected chi connectivity index (χ0v) is 14.4. The first-order chi connectivity index (χ1) is 11.7. The second-order valence-corrected chi connectivity index (χ2v) is 6.28. The van der Waals surface area contributed by atoms with Crippen molar-refractivity contribution in [2.45, 2.75) is 45.1 Å². The molecular formula is C18H25N5O. The van der Waals surface area contributed by atoms with E-state index in [4.69, 9.17) is 4.52 Å². The lowest BCUT2D eigenvalue weighted by Gasteiger charge is -2.43. The van der Waals surface area contributed by atoms with Gasteiger partial charge in [0.25, 0.3) is 0 Å². The Morgan fingerprint density at radius 3 is 2.62 bits per heavy atom. The molecule has 24 heavy (non-hydrogen) atoms. The van der Waals surface area contributed by atoms with Crippen LogP contribution in [0.25, 0.3) is 0 Å². The van der Waals surface area contributed by atoms with Crippen LogP contribution in [0.15, 0.2) is 39.8 Å². The number of hydrogen-bond acceptors (Lipinski definition) is 4. The molecule has 3 rings (SSSR count). The van der Waals surface area contributed by atoms with E-state index in [0.29, 0.717) is 18.3 Å². The zero-order chi connectivity index (χ0) is 16.8. The smallest absolute Gasteiger partial charge is 0.248 e. The van der Waals surface area contributed by atoms with Gasteiger partial charge >= 0.3 is 0 Å². The van der Waals surface area contributed by atoms with E-state index in [0.717, 1.165) is 19.0 Å². The molecule has 6 nitrogen and oxygen atoms in total. The van der Waals surface area contributed by atoms with Gasteiger partial charge in [-0.05, 0) is 32.3 Å². The van der Waals surface area contributed by atoms with Crippen LogP contribution in [0.4, 0.5) is 0 Å². The Balaban J connectivity index is 1.65. The maximum Gasteiger partial charge on any atom is 0.248 e. The normalized spacial score (nSPS) is 16.5. The van der Waals surface area contributed by atoms with Crippen LogP contribution in [0.1, 0.15) is 43.5 Å². The fourth-order valence-corrected chi connectivity index (χ4v) is 3.11. The van der Waals surface area contributed by atoms with Crippen molar-refractivity contribution in [2.24, 2.45) is 4.99 Å². The standard InChI is InChI=1S/C18H25N5O/c1-3-19-17(20-12-16-22-14(2)23-24-16)21-13-18(10-7-11-18)15-8-5-4-6-9-15/h4-6,8-9H,3,7,10-13H2,1-2H3,(H2,19,20,21). The summed E-state index contributed by atoms with van der Waals surface area (Å²) in [6.07, 6.45) is 3.71. The summed E-state index contributed by atoms with van der Waals surface area (Å²) < 4.78 is 5.12. The average Bonchev–Trinajstić information content (AvgIpc) is 2.98. The lowest BCUT2D eigenvalue weighted by atomic mass is 9.64. The molecule has 0 unspecified atom stereocenters. The molecule has 0 aliphatic heterocycles. The summed E-state index contributed by atoms with van der Waals surface area (Å²) in [5.74, 6) is 1.96. The van der Waals surface area contributed by atoms with E-state index >= 15 is 0 Å². The minimum Gasteiger partial charge on any atom is -0.357 e. The highest BCUT2D eigenvalue weighted by Gasteiger charge is 2.38. The molecule has 2 aromatic rings. The monoisotopic (exact) mass is 327 g/mol. The molecule has 1 heterocycles. The Morgan fingerprint density at radius 2 is 2.04 bits per heavy atom. The van der Waals surface area contributed by atoms with E-state index < -0.39 is 0 Å². The highest BCUT2D eigenvalue weighted by molar-refractivity contribution is 5.79. The van der Waals surface area contributed by atoms with E-state index in [1.807, 2.05) is 0 Å². The van der Waals surface area contributed by atoms with Gasteiger partial charge in [-0.1, -0.05) is 41.9 Å². The predicted octanol–water partition coefficient (Wildman–Crippen LogP) is 2.56. The van der Waals surface area contributed by atoms with E-state index in [9.17, 15) is 0 Å². The van der Waals surface area contributed by atoms with Crippen molar-refractivity contribution in [3.8, 4) is 0 Å². The molecule has 6 heteroatoms. The number of guanidine groups is 1. The number of hydrogen-bond donors (Lipinski definition) is 2. The van der Waals surface area contributed by atoms with Crippen LogP contribution in [0, 0.1) is 6.92 Å². The van der Waals surface area contributed by atoms with Gasteiger partial charge in [0, 0.05) is 18.5 Å². The van der Waals surface area contributed by atoms with Gasteiger partial charge in [-0.2, -0.15) is 4.98 Å². The summed E-state index contributed by atoms with van der Waals surface area (Å²) >= 11 is 0. The molecule has 1 aromatic heterocycles. The molecular weight excluding hydrogens is 302 g/mol. The summed E-state index contributed by atoms with van der Waals surface area (Å²) in [5, 5.41) is 10.6. The molecule has 0 atom stereocenters. The van der Waals surface area contributed by atoms with Gasteiger partial charge in [0.2, 0.25) is 5.89 Å². The van der Waals surface area contributed by atoms with Crippen LogP contribution in [0.3, 0.4) is 0 Å². The van der Waals surface area contributed by atoms with Crippen molar-refractivity contribution in [3.05, 3.63) is 47.6 Å². The maximum atomic E-state index is 5.12. The fourth-order valence-electron chi connectivity index (χ4n) is 3.11. The van der Waals surface area contributed by atoms with Gasteiger partial charge in [-0.15, -0.1) is 0 Å². The number of aryl methyl sites for hydroxylation is 1. The van der Waals surface area contributed by atoms with Gasteiger partial charge in [-0.3, -0.25) is 0 Å². The molecule has 1 aliphatic carbocycles. The Morgan fingerprint density at radius 1 is 1.25 bits per heavy atom. The Kier molecular flexibility index (Phi) is 5.13. The maximum absolute atomic E-state index is 5.12. The van der Waals surface area contributed by atoms with Gasteiger partial charge < -0.3 is 15.2 Å². The van der Waals surface area contributed by atoms with Crippen molar-refractivity contribution in [1.82, 2.24) is 20.8 Å². The molecule has 0 amide bonds. The summed E-state index contributed by atoms with van der Waals surface area (Å²) in [4.78, 5) is 8.74. The number of nitrogens with one attached hydrogen (secondary N) is 2. The van der Waals surface area contributed by atoms with Crippen LogP contribution >= 0.6 is 0 Å². The van der Waals surface area contributed by atoms with Crippen LogP contribution in [-0.4, -0.2) is 29.2 Å². The molecule has 0 saturated heterocycles. The number of aromatic nitrogens is 2. The van der Waals surface area contributed by atoms with E-state index in [1.165, 1.54) is 24.8 Å². The number of rotatable bonds is 6. The van der Waals surface area contributed by atoms with Crippen molar-refractivity contribution >= 4 is 5.96 Å². The minimum atomic E-state index is 0.221. The minimum absolute atomic E-state index is 0.221. The Bertz CT molecular complexity index is 676. The van der Waals surface area contributed by atoms with Crippen molar-refractivity contribution in [2.75, 3.05) is 13.1 Å². The van der Waals surface area contributed by atoms with Gasteiger partial charge in [-0.25, -0.2) is 4.99 Å². The molecule has 0 radical (unpaired) electrons. The molecule has 1 aliphatic rings. The molecule has 2 N–H and O–H groups in total. The second-order valence-electron chi connectivity index (χ2n) is 6.28. The predicted molar refractivity (Wildman–Crippen MR) is 93.8 cm³/mol. The van der Waals surface area contributed by atoms with Gasteiger partial charge in [0.05, 0.1) is 0 Å². The quantitative estimate of drug-likeness (QED) is 0.630. The fraction of sp³-hybridized carbons (Fsp3) is 0.500. The van der Waals surface area contributed by atoms with Gasteiger partial charge in [0.1, 0.15) is 6.54 Å². The molecule has 128 valence electrons. The third-order valence-corrected chi connectivity index (χ3v) is 4.58. The first-order valence-corrected chi connectivity index (χ1v) is 8.59. The summed E-state index contributed by atoms with van der Waals surface area (Å²) in [6.45, 7) is 5.94. The number of nitrogens with zero attached hydrogens (tertiary/aromatic N) is 3. The summed E-state index contributed by atoms with van der Waals surface area (Å²) in [7, 11) is 0. The third-order valence-electron chi connectivity index (χ3n) is 4.58. The van der Waals surface area contributed by atoms with Crippen LogP contribution < -0.4 is 10.6 Å². The highest BCUT2D eigenvalue weighted by Crippen LogP contribution is 2.43. The van der Waals surface area contributed by atoms with Crippen molar-refractivity contribution in [3.63, 3.8) is 0 Å². The SMILES string of the molecule is CCNC(=NCc1nc(C)no1)NCC1(c2ccccc2)CCC1. The van der Waals surface area contributed by atoms with E-state index in [1.54, 1.807) is 6.92 Å². The van der Waals surface area contributed by atoms with E-state index in [2.05, 4.69) is 63.0 Å². The first kappa shape index (κ1) is 16.5. The second kappa shape index (κ2) is 7.47. The van der Waals surface area contributed by atoms with Crippen LogP contribution in [0.5, 0.6) is 0 Å². The Hall–Kier alpha value is -2.37.